The molecule has 1 aromatic carbocycles. The third kappa shape index (κ3) is 2.28. The normalized spacial score (nSPS) is 17.9. The number of hydrogen-bond acceptors (Lipinski definition) is 5. The number of benzene rings is 1. The molecule has 0 fully saturated rings. The van der Waals surface area contributed by atoms with E-state index in [9.17, 15) is 0 Å². The molecule has 2 aromatic rings. The van der Waals surface area contributed by atoms with Crippen LogP contribution < -0.4 is 10.1 Å². The molecule has 1 aliphatic rings. The average molecular weight is 259 g/mol. The van der Waals surface area contributed by atoms with E-state index in [0.717, 1.165) is 11.3 Å². The number of ether oxygens (including phenoxy) is 1. The van der Waals surface area contributed by atoms with Crippen molar-refractivity contribution in [2.75, 3.05) is 11.9 Å². The quantitative estimate of drug-likeness (QED) is 0.898. The van der Waals surface area contributed by atoms with Crippen LogP contribution in [0.15, 0.2) is 28.7 Å². The Morgan fingerprint density at radius 3 is 2.74 bits per heavy atom. The van der Waals surface area contributed by atoms with Gasteiger partial charge >= 0.3 is 6.01 Å². The van der Waals surface area contributed by atoms with Crippen LogP contribution in [-0.2, 0) is 5.41 Å². The van der Waals surface area contributed by atoms with Crippen molar-refractivity contribution in [3.8, 4) is 5.75 Å². The summed E-state index contributed by atoms with van der Waals surface area (Å²) in [7, 11) is 0. The van der Waals surface area contributed by atoms with E-state index in [1.165, 1.54) is 0 Å². The fourth-order valence-corrected chi connectivity index (χ4v) is 2.02. The van der Waals surface area contributed by atoms with E-state index in [1.807, 2.05) is 45.0 Å². The highest BCUT2D eigenvalue weighted by atomic mass is 16.5. The van der Waals surface area contributed by atoms with Gasteiger partial charge in [-0.2, -0.15) is 0 Å². The second-order valence-electron chi connectivity index (χ2n) is 5.71. The van der Waals surface area contributed by atoms with Crippen molar-refractivity contribution in [1.82, 2.24) is 10.2 Å². The zero-order valence-corrected chi connectivity index (χ0v) is 11.3. The van der Waals surface area contributed by atoms with Gasteiger partial charge in [-0.05, 0) is 6.07 Å². The lowest BCUT2D eigenvalue weighted by Gasteiger charge is -2.12. The standard InChI is InChI=1S/C14H17N3O2/c1-14(2,3)12-16-17-13(19-12)15-10-8-18-11-7-5-4-6-9(10)11/h4-7,10H,8H2,1-3H3,(H,15,17)/t10-/m0/s1. The molecule has 0 saturated heterocycles. The van der Waals surface area contributed by atoms with Crippen molar-refractivity contribution >= 4 is 6.01 Å². The molecule has 1 aliphatic heterocycles. The third-order valence-corrected chi connectivity index (χ3v) is 3.06. The lowest BCUT2D eigenvalue weighted by molar-refractivity contribution is 0.336. The van der Waals surface area contributed by atoms with Crippen LogP contribution in [0.3, 0.4) is 0 Å². The molecule has 3 rings (SSSR count). The topological polar surface area (TPSA) is 60.2 Å². The van der Waals surface area contributed by atoms with Crippen LogP contribution in [0, 0.1) is 0 Å². The summed E-state index contributed by atoms with van der Waals surface area (Å²) in [5.74, 6) is 1.54. The highest BCUT2D eigenvalue weighted by Crippen LogP contribution is 2.34. The first kappa shape index (κ1) is 12.0. The van der Waals surface area contributed by atoms with Gasteiger partial charge in [0.1, 0.15) is 12.4 Å². The number of anilines is 1. The van der Waals surface area contributed by atoms with Crippen LogP contribution in [0.1, 0.15) is 38.3 Å². The summed E-state index contributed by atoms with van der Waals surface area (Å²) in [6.45, 7) is 6.70. The maximum Gasteiger partial charge on any atom is 0.316 e. The minimum atomic E-state index is -0.142. The average Bonchev–Trinajstić information content (AvgIpc) is 2.97. The van der Waals surface area contributed by atoms with Gasteiger partial charge in [0.05, 0.1) is 6.04 Å². The van der Waals surface area contributed by atoms with Gasteiger partial charge in [-0.1, -0.05) is 44.1 Å². The molecule has 0 aliphatic carbocycles. The molecule has 0 saturated carbocycles. The van der Waals surface area contributed by atoms with Gasteiger partial charge in [-0.15, -0.1) is 5.10 Å². The first-order valence-electron chi connectivity index (χ1n) is 6.36. The lowest BCUT2D eigenvalue weighted by atomic mass is 9.97. The molecule has 0 bridgehead atoms. The predicted octanol–water partition coefficient (Wildman–Crippen LogP) is 2.91. The maximum atomic E-state index is 5.64. The smallest absolute Gasteiger partial charge is 0.316 e. The molecule has 1 atom stereocenters. The molecule has 1 N–H and O–H groups in total. The molecule has 0 unspecified atom stereocenters. The second kappa shape index (κ2) is 4.26. The molecule has 100 valence electrons. The van der Waals surface area contributed by atoms with Gasteiger partial charge in [-0.25, -0.2) is 0 Å². The molecular formula is C14H17N3O2. The minimum absolute atomic E-state index is 0.0597. The largest absolute Gasteiger partial charge is 0.491 e. The van der Waals surface area contributed by atoms with E-state index in [1.54, 1.807) is 0 Å². The maximum absolute atomic E-state index is 5.64. The number of fused-ring (bicyclic) bond motifs is 1. The van der Waals surface area contributed by atoms with E-state index in [-0.39, 0.29) is 11.5 Å². The Hall–Kier alpha value is -2.04. The van der Waals surface area contributed by atoms with E-state index < -0.39 is 0 Å². The summed E-state index contributed by atoms with van der Waals surface area (Å²) in [5, 5.41) is 11.3. The van der Waals surface area contributed by atoms with Gasteiger partial charge in [0, 0.05) is 11.0 Å². The molecule has 0 spiro atoms. The molecule has 2 heterocycles. The lowest BCUT2D eigenvalue weighted by Crippen LogP contribution is -2.12. The van der Waals surface area contributed by atoms with Crippen LogP contribution in [0.2, 0.25) is 0 Å². The fraction of sp³-hybridized carbons (Fsp3) is 0.429. The minimum Gasteiger partial charge on any atom is -0.491 e. The van der Waals surface area contributed by atoms with Gasteiger partial charge in [-0.3, -0.25) is 0 Å². The van der Waals surface area contributed by atoms with Gasteiger partial charge in [0.15, 0.2) is 0 Å². The van der Waals surface area contributed by atoms with Crippen LogP contribution >= 0.6 is 0 Å². The van der Waals surface area contributed by atoms with Crippen LogP contribution in [0.5, 0.6) is 5.75 Å². The van der Waals surface area contributed by atoms with Crippen molar-refractivity contribution < 1.29 is 9.15 Å². The highest BCUT2D eigenvalue weighted by Gasteiger charge is 2.26. The number of aromatic nitrogens is 2. The Kier molecular flexibility index (Phi) is 2.69. The molecule has 5 heteroatoms. The Balaban J connectivity index is 1.78. The molecule has 0 radical (unpaired) electrons. The van der Waals surface area contributed by atoms with Crippen molar-refractivity contribution in [2.24, 2.45) is 0 Å². The summed E-state index contributed by atoms with van der Waals surface area (Å²) in [6.07, 6.45) is 0. The number of hydrogen-bond donors (Lipinski definition) is 1. The third-order valence-electron chi connectivity index (χ3n) is 3.06. The molecule has 19 heavy (non-hydrogen) atoms. The van der Waals surface area contributed by atoms with Gasteiger partial charge < -0.3 is 14.5 Å². The molecular weight excluding hydrogens is 242 g/mol. The van der Waals surface area contributed by atoms with Crippen molar-refractivity contribution in [3.63, 3.8) is 0 Å². The van der Waals surface area contributed by atoms with Crippen LogP contribution in [0.4, 0.5) is 6.01 Å². The van der Waals surface area contributed by atoms with Crippen molar-refractivity contribution in [3.05, 3.63) is 35.7 Å². The van der Waals surface area contributed by atoms with Gasteiger partial charge in [0.25, 0.3) is 0 Å². The summed E-state index contributed by atoms with van der Waals surface area (Å²) in [6, 6.07) is 8.47. The summed E-state index contributed by atoms with van der Waals surface area (Å²) < 4.78 is 11.2. The SMILES string of the molecule is CC(C)(C)c1nnc(N[C@H]2COc3ccccc32)o1. The van der Waals surface area contributed by atoms with Crippen LogP contribution in [-0.4, -0.2) is 16.8 Å². The first-order valence-corrected chi connectivity index (χ1v) is 6.36. The number of nitrogens with zero attached hydrogens (tertiary/aromatic N) is 2. The molecule has 5 nitrogen and oxygen atoms in total. The Bertz CT molecular complexity index is 586. The first-order chi connectivity index (χ1) is 9.04. The van der Waals surface area contributed by atoms with Crippen molar-refractivity contribution in [1.29, 1.82) is 0 Å². The zero-order chi connectivity index (χ0) is 13.5. The van der Waals surface area contributed by atoms with E-state index in [2.05, 4.69) is 15.5 Å². The predicted molar refractivity (Wildman–Crippen MR) is 71.3 cm³/mol. The Morgan fingerprint density at radius 1 is 1.21 bits per heavy atom. The number of rotatable bonds is 2. The van der Waals surface area contributed by atoms with Gasteiger partial charge in [0.2, 0.25) is 5.89 Å². The van der Waals surface area contributed by atoms with E-state index in [0.29, 0.717) is 18.5 Å². The van der Waals surface area contributed by atoms with Crippen LogP contribution in [0.25, 0.3) is 0 Å². The van der Waals surface area contributed by atoms with E-state index >= 15 is 0 Å². The number of nitrogens with one attached hydrogen (secondary N) is 1. The monoisotopic (exact) mass is 259 g/mol. The number of para-hydroxylation sites is 1. The fourth-order valence-electron chi connectivity index (χ4n) is 2.02. The Labute approximate surface area is 112 Å². The second-order valence-corrected chi connectivity index (χ2v) is 5.71. The molecule has 1 aromatic heterocycles. The van der Waals surface area contributed by atoms with E-state index in [4.69, 9.17) is 9.15 Å². The highest BCUT2D eigenvalue weighted by molar-refractivity contribution is 5.43. The summed E-state index contributed by atoms with van der Waals surface area (Å²) in [5.41, 5.74) is 0.981. The summed E-state index contributed by atoms with van der Waals surface area (Å²) >= 11 is 0. The zero-order valence-electron chi connectivity index (χ0n) is 11.3. The summed E-state index contributed by atoms with van der Waals surface area (Å²) in [4.78, 5) is 0. The van der Waals surface area contributed by atoms with Crippen molar-refractivity contribution in [2.45, 2.75) is 32.2 Å². The Morgan fingerprint density at radius 2 is 2.00 bits per heavy atom. The molecule has 0 amide bonds.